The Morgan fingerprint density at radius 2 is 2.31 bits per heavy atom. The Kier molecular flexibility index (Phi) is 3.53. The lowest BCUT2D eigenvalue weighted by molar-refractivity contribution is 0.454. The van der Waals surface area contributed by atoms with E-state index in [1.807, 2.05) is 25.1 Å². The van der Waals surface area contributed by atoms with Gasteiger partial charge in [0.1, 0.15) is 6.26 Å². The highest BCUT2D eigenvalue weighted by Crippen LogP contribution is 2.35. The van der Waals surface area contributed by atoms with E-state index in [-0.39, 0.29) is 0 Å². The van der Waals surface area contributed by atoms with E-state index in [0.29, 0.717) is 16.8 Å². The molecule has 2 rings (SSSR count). The fourth-order valence-electron chi connectivity index (χ4n) is 1.30. The molecule has 1 aromatic carbocycles. The van der Waals surface area contributed by atoms with Gasteiger partial charge < -0.3 is 10.2 Å². The van der Waals surface area contributed by atoms with Crippen molar-refractivity contribution < 1.29 is 4.42 Å². The maximum absolute atomic E-state index is 6.12. The second-order valence-corrected chi connectivity index (χ2v) is 4.66. The molecule has 0 bridgehead atoms. The first-order chi connectivity index (χ1) is 7.70. The molecule has 0 amide bonds. The van der Waals surface area contributed by atoms with Gasteiger partial charge in [-0.2, -0.15) is 0 Å². The predicted molar refractivity (Wildman–Crippen MR) is 64.7 cm³/mol. The lowest BCUT2D eigenvalue weighted by atomic mass is 10.2. The van der Waals surface area contributed by atoms with Crippen LogP contribution in [0.25, 0.3) is 0 Å². The van der Waals surface area contributed by atoms with Crippen LogP contribution in [-0.4, -0.2) is 4.98 Å². The number of nitrogens with zero attached hydrogens (tertiary/aromatic N) is 1. The van der Waals surface area contributed by atoms with Gasteiger partial charge in [0, 0.05) is 11.4 Å². The number of hydrogen-bond acceptors (Lipinski definition) is 4. The lowest BCUT2D eigenvalue weighted by Gasteiger charge is -2.06. The zero-order valence-corrected chi connectivity index (χ0v) is 10.3. The molecule has 0 saturated carbocycles. The number of halogens is 1. The van der Waals surface area contributed by atoms with Gasteiger partial charge in [-0.1, -0.05) is 23.7 Å². The van der Waals surface area contributed by atoms with Gasteiger partial charge in [0.25, 0.3) is 5.22 Å². The Bertz CT molecular complexity index is 498. The molecule has 0 aliphatic heterocycles. The number of benzene rings is 1. The average molecular weight is 255 g/mol. The molecule has 0 aliphatic rings. The van der Waals surface area contributed by atoms with E-state index in [0.717, 1.165) is 16.2 Å². The lowest BCUT2D eigenvalue weighted by Crippen LogP contribution is -1.98. The van der Waals surface area contributed by atoms with Crippen molar-refractivity contribution in [1.29, 1.82) is 0 Å². The van der Waals surface area contributed by atoms with E-state index in [2.05, 4.69) is 4.98 Å². The fraction of sp³-hybridized carbons (Fsp3) is 0.182. The number of nitrogens with two attached hydrogens (primary N) is 1. The highest BCUT2D eigenvalue weighted by atomic mass is 35.5. The molecule has 0 aliphatic carbocycles. The average Bonchev–Trinajstić information content (AvgIpc) is 2.67. The van der Waals surface area contributed by atoms with Gasteiger partial charge >= 0.3 is 0 Å². The second kappa shape index (κ2) is 4.91. The van der Waals surface area contributed by atoms with Gasteiger partial charge in [-0.25, -0.2) is 4.98 Å². The largest absolute Gasteiger partial charge is 0.439 e. The van der Waals surface area contributed by atoms with Crippen molar-refractivity contribution >= 4 is 23.4 Å². The number of hydrogen-bond donors (Lipinski definition) is 1. The molecular weight excluding hydrogens is 244 g/mol. The molecule has 1 aromatic heterocycles. The first-order valence-electron chi connectivity index (χ1n) is 4.78. The Balaban J connectivity index is 2.33. The number of oxazole rings is 1. The van der Waals surface area contributed by atoms with E-state index in [1.165, 1.54) is 11.8 Å². The molecule has 0 unspecified atom stereocenters. The smallest absolute Gasteiger partial charge is 0.260 e. The third-order valence-corrected chi connectivity index (χ3v) is 3.53. The summed E-state index contributed by atoms with van der Waals surface area (Å²) in [6.07, 6.45) is 1.61. The van der Waals surface area contributed by atoms with E-state index in [9.17, 15) is 0 Å². The minimum Gasteiger partial charge on any atom is -0.439 e. The number of aryl methyl sites for hydroxylation is 1. The van der Waals surface area contributed by atoms with Crippen LogP contribution in [0, 0.1) is 6.92 Å². The Labute approximate surface area is 103 Å². The van der Waals surface area contributed by atoms with E-state index >= 15 is 0 Å². The van der Waals surface area contributed by atoms with Gasteiger partial charge in [0.2, 0.25) is 0 Å². The molecule has 2 N–H and O–H groups in total. The maximum atomic E-state index is 6.12. The second-order valence-electron chi connectivity index (χ2n) is 3.29. The molecule has 0 atom stereocenters. The standard InChI is InChI=1S/C11H11ClN2OS/c1-7-6-15-11(14-7)16-10-8(5-13)3-2-4-9(10)12/h2-4,6H,5,13H2,1H3. The van der Waals surface area contributed by atoms with E-state index in [1.54, 1.807) is 6.26 Å². The summed E-state index contributed by atoms with van der Waals surface area (Å²) in [5, 5.41) is 1.25. The summed E-state index contributed by atoms with van der Waals surface area (Å²) in [7, 11) is 0. The molecule has 3 nitrogen and oxygen atoms in total. The summed E-state index contributed by atoms with van der Waals surface area (Å²) in [5.74, 6) is 0. The Hall–Kier alpha value is -0.970. The molecule has 2 aromatic rings. The molecule has 0 spiro atoms. The number of rotatable bonds is 3. The molecule has 1 heterocycles. The highest BCUT2D eigenvalue weighted by Gasteiger charge is 2.11. The van der Waals surface area contributed by atoms with Crippen LogP contribution in [0.1, 0.15) is 11.3 Å². The van der Waals surface area contributed by atoms with Crippen molar-refractivity contribution in [2.24, 2.45) is 5.73 Å². The van der Waals surface area contributed by atoms with E-state index in [4.69, 9.17) is 21.8 Å². The van der Waals surface area contributed by atoms with E-state index < -0.39 is 0 Å². The fourth-order valence-corrected chi connectivity index (χ4v) is 2.51. The molecule has 16 heavy (non-hydrogen) atoms. The first kappa shape index (κ1) is 11.5. The summed E-state index contributed by atoms with van der Waals surface area (Å²) in [5.41, 5.74) is 7.50. The van der Waals surface area contributed by atoms with Crippen molar-refractivity contribution in [3.05, 3.63) is 40.7 Å². The number of aromatic nitrogens is 1. The molecule has 0 radical (unpaired) electrons. The van der Waals surface area contributed by atoms with Crippen molar-refractivity contribution in [2.45, 2.75) is 23.6 Å². The summed E-state index contributed by atoms with van der Waals surface area (Å²) < 4.78 is 5.28. The zero-order chi connectivity index (χ0) is 11.5. The van der Waals surface area contributed by atoms with Crippen molar-refractivity contribution in [3.63, 3.8) is 0 Å². The molecule has 0 saturated heterocycles. The SMILES string of the molecule is Cc1coc(Sc2c(Cl)cccc2CN)n1. The van der Waals surface area contributed by atoms with Crippen LogP contribution in [0.15, 0.2) is 39.0 Å². The Morgan fingerprint density at radius 3 is 2.94 bits per heavy atom. The minimum atomic E-state index is 0.447. The first-order valence-corrected chi connectivity index (χ1v) is 5.97. The summed E-state index contributed by atoms with van der Waals surface area (Å²) in [4.78, 5) is 5.13. The topological polar surface area (TPSA) is 52.0 Å². The van der Waals surface area contributed by atoms with Crippen LogP contribution in [-0.2, 0) is 6.54 Å². The van der Waals surface area contributed by atoms with Crippen LogP contribution < -0.4 is 5.73 Å². The normalized spacial score (nSPS) is 10.7. The summed E-state index contributed by atoms with van der Waals surface area (Å²) >= 11 is 7.52. The van der Waals surface area contributed by atoms with Gasteiger partial charge in [-0.3, -0.25) is 0 Å². The van der Waals surface area contributed by atoms with Crippen LogP contribution in [0.2, 0.25) is 5.02 Å². The van der Waals surface area contributed by atoms with Gasteiger partial charge in [0.05, 0.1) is 10.7 Å². The van der Waals surface area contributed by atoms with Crippen molar-refractivity contribution in [2.75, 3.05) is 0 Å². The molecule has 84 valence electrons. The Morgan fingerprint density at radius 1 is 1.50 bits per heavy atom. The monoisotopic (exact) mass is 254 g/mol. The van der Waals surface area contributed by atoms with Gasteiger partial charge in [-0.15, -0.1) is 0 Å². The third-order valence-electron chi connectivity index (χ3n) is 2.06. The quantitative estimate of drug-likeness (QED) is 0.914. The maximum Gasteiger partial charge on any atom is 0.260 e. The van der Waals surface area contributed by atoms with Crippen LogP contribution >= 0.6 is 23.4 Å². The van der Waals surface area contributed by atoms with Crippen molar-refractivity contribution in [3.8, 4) is 0 Å². The van der Waals surface area contributed by atoms with Gasteiger partial charge in [0.15, 0.2) is 0 Å². The highest BCUT2D eigenvalue weighted by molar-refractivity contribution is 7.99. The molecule has 5 heteroatoms. The summed E-state index contributed by atoms with van der Waals surface area (Å²) in [6.45, 7) is 2.33. The van der Waals surface area contributed by atoms with Crippen LogP contribution in [0.4, 0.5) is 0 Å². The van der Waals surface area contributed by atoms with Crippen LogP contribution in [0.5, 0.6) is 0 Å². The van der Waals surface area contributed by atoms with Crippen molar-refractivity contribution in [1.82, 2.24) is 4.98 Å². The van der Waals surface area contributed by atoms with Gasteiger partial charge in [-0.05, 0) is 30.3 Å². The summed E-state index contributed by atoms with van der Waals surface area (Å²) in [6, 6.07) is 5.66. The zero-order valence-electron chi connectivity index (χ0n) is 8.74. The third kappa shape index (κ3) is 2.40. The van der Waals surface area contributed by atoms with Crippen LogP contribution in [0.3, 0.4) is 0 Å². The predicted octanol–water partition coefficient (Wildman–Crippen LogP) is 3.25. The minimum absolute atomic E-state index is 0.447. The molecular formula is C11H11ClN2OS. The molecule has 0 fully saturated rings.